The SMILES string of the molecule is CONC(C)C1CC1c1ccc(Cl)s1. The summed E-state index contributed by atoms with van der Waals surface area (Å²) in [5.41, 5.74) is 2.99. The molecule has 1 aliphatic carbocycles. The fourth-order valence-corrected chi connectivity index (χ4v) is 3.15. The van der Waals surface area contributed by atoms with Crippen LogP contribution in [0.25, 0.3) is 0 Å². The van der Waals surface area contributed by atoms with Gasteiger partial charge in [-0.1, -0.05) is 11.6 Å². The van der Waals surface area contributed by atoms with E-state index in [9.17, 15) is 0 Å². The summed E-state index contributed by atoms with van der Waals surface area (Å²) in [6.45, 7) is 2.16. The van der Waals surface area contributed by atoms with Crippen LogP contribution < -0.4 is 5.48 Å². The molecule has 0 bridgehead atoms. The number of nitrogens with one attached hydrogen (secondary N) is 1. The fraction of sp³-hybridized carbons (Fsp3) is 0.600. The summed E-state index contributed by atoms with van der Waals surface area (Å²) in [7, 11) is 1.66. The van der Waals surface area contributed by atoms with Gasteiger partial charge in [0.1, 0.15) is 0 Å². The Bertz CT molecular complexity index is 315. The molecule has 2 nitrogen and oxygen atoms in total. The lowest BCUT2D eigenvalue weighted by Gasteiger charge is -2.10. The second-order valence-corrected chi connectivity index (χ2v) is 5.51. The highest BCUT2D eigenvalue weighted by Gasteiger charge is 2.42. The predicted octanol–water partition coefficient (Wildman–Crippen LogP) is 3.04. The molecule has 3 atom stereocenters. The highest BCUT2D eigenvalue weighted by molar-refractivity contribution is 7.16. The Hall–Kier alpha value is -0.0900. The average Bonchev–Trinajstić information content (AvgIpc) is 2.84. The zero-order valence-electron chi connectivity index (χ0n) is 8.29. The second kappa shape index (κ2) is 4.19. The Morgan fingerprint density at radius 3 is 3.00 bits per heavy atom. The fourth-order valence-electron chi connectivity index (χ4n) is 1.90. The van der Waals surface area contributed by atoms with E-state index in [2.05, 4.69) is 18.5 Å². The maximum absolute atomic E-state index is 5.90. The van der Waals surface area contributed by atoms with E-state index in [1.54, 1.807) is 18.4 Å². The monoisotopic (exact) mass is 231 g/mol. The molecule has 78 valence electrons. The third-order valence-corrected chi connectivity index (χ3v) is 4.11. The van der Waals surface area contributed by atoms with Crippen molar-refractivity contribution in [3.63, 3.8) is 0 Å². The van der Waals surface area contributed by atoms with Crippen molar-refractivity contribution in [1.82, 2.24) is 5.48 Å². The maximum atomic E-state index is 5.90. The van der Waals surface area contributed by atoms with Crippen molar-refractivity contribution in [2.45, 2.75) is 25.3 Å². The van der Waals surface area contributed by atoms with Crippen LogP contribution in [-0.4, -0.2) is 13.2 Å². The van der Waals surface area contributed by atoms with Crippen LogP contribution in [0.3, 0.4) is 0 Å². The van der Waals surface area contributed by atoms with Crippen molar-refractivity contribution in [2.24, 2.45) is 5.92 Å². The van der Waals surface area contributed by atoms with Crippen LogP contribution in [0, 0.1) is 5.92 Å². The Morgan fingerprint density at radius 2 is 2.43 bits per heavy atom. The molecule has 0 amide bonds. The van der Waals surface area contributed by atoms with Gasteiger partial charge in [-0.3, -0.25) is 0 Å². The third-order valence-electron chi connectivity index (χ3n) is 2.75. The first-order chi connectivity index (χ1) is 6.72. The maximum Gasteiger partial charge on any atom is 0.0931 e. The van der Waals surface area contributed by atoms with Gasteiger partial charge in [0.2, 0.25) is 0 Å². The number of hydrogen-bond donors (Lipinski definition) is 1. The van der Waals surface area contributed by atoms with Crippen molar-refractivity contribution in [1.29, 1.82) is 0 Å². The smallest absolute Gasteiger partial charge is 0.0931 e. The molecule has 3 unspecified atom stereocenters. The molecule has 0 aliphatic heterocycles. The number of thiophene rings is 1. The Labute approximate surface area is 93.2 Å². The molecule has 2 rings (SSSR count). The molecule has 14 heavy (non-hydrogen) atoms. The minimum absolute atomic E-state index is 0.422. The van der Waals surface area contributed by atoms with Crippen LogP contribution in [-0.2, 0) is 4.84 Å². The highest BCUT2D eigenvalue weighted by Crippen LogP contribution is 2.51. The Balaban J connectivity index is 1.92. The summed E-state index contributed by atoms with van der Waals surface area (Å²) in [5, 5.41) is 0. The van der Waals surface area contributed by atoms with Gasteiger partial charge < -0.3 is 4.84 Å². The van der Waals surface area contributed by atoms with E-state index in [0.29, 0.717) is 17.9 Å². The zero-order valence-corrected chi connectivity index (χ0v) is 9.86. The van der Waals surface area contributed by atoms with Crippen LogP contribution in [0.1, 0.15) is 24.1 Å². The minimum atomic E-state index is 0.422. The molecule has 1 saturated carbocycles. The number of halogens is 1. The van der Waals surface area contributed by atoms with Gasteiger partial charge in [0, 0.05) is 10.9 Å². The number of hydroxylamine groups is 1. The highest BCUT2D eigenvalue weighted by atomic mass is 35.5. The standard InChI is InChI=1S/C10H14ClNOS/c1-6(12-13-2)7-5-8(7)9-3-4-10(11)14-9/h3-4,6-8,12H,5H2,1-2H3. The quantitative estimate of drug-likeness (QED) is 0.805. The molecule has 0 spiro atoms. The van der Waals surface area contributed by atoms with Gasteiger partial charge in [-0.2, -0.15) is 5.48 Å². The van der Waals surface area contributed by atoms with Crippen LogP contribution in [0.4, 0.5) is 0 Å². The van der Waals surface area contributed by atoms with Crippen LogP contribution >= 0.6 is 22.9 Å². The van der Waals surface area contributed by atoms with Crippen molar-refractivity contribution in [2.75, 3.05) is 7.11 Å². The molecular weight excluding hydrogens is 218 g/mol. The summed E-state index contributed by atoms with van der Waals surface area (Å²) >= 11 is 7.59. The van der Waals surface area contributed by atoms with Gasteiger partial charge in [0.05, 0.1) is 11.4 Å². The lowest BCUT2D eigenvalue weighted by molar-refractivity contribution is 0.0591. The minimum Gasteiger partial charge on any atom is -0.305 e. The Kier molecular flexibility index (Phi) is 3.12. The number of hydrogen-bond acceptors (Lipinski definition) is 3. The number of rotatable bonds is 4. The molecule has 1 fully saturated rings. The van der Waals surface area contributed by atoms with Crippen LogP contribution in [0.5, 0.6) is 0 Å². The average molecular weight is 232 g/mol. The Morgan fingerprint density at radius 1 is 1.64 bits per heavy atom. The molecule has 4 heteroatoms. The van der Waals surface area contributed by atoms with Crippen molar-refractivity contribution in [3.8, 4) is 0 Å². The molecule has 1 aromatic rings. The van der Waals surface area contributed by atoms with E-state index < -0.39 is 0 Å². The van der Waals surface area contributed by atoms with E-state index in [1.165, 1.54) is 11.3 Å². The molecular formula is C10H14ClNOS. The first kappa shape index (κ1) is 10.4. The molecule has 0 aromatic carbocycles. The molecule has 0 saturated heterocycles. The van der Waals surface area contributed by atoms with E-state index in [0.717, 1.165) is 4.34 Å². The molecule has 0 radical (unpaired) electrons. The summed E-state index contributed by atoms with van der Waals surface area (Å²) in [6.07, 6.45) is 1.24. The van der Waals surface area contributed by atoms with Gasteiger partial charge in [0.25, 0.3) is 0 Å². The molecule has 1 aliphatic rings. The summed E-state index contributed by atoms with van der Waals surface area (Å²) in [5.74, 6) is 1.38. The summed E-state index contributed by atoms with van der Waals surface area (Å²) in [4.78, 5) is 6.33. The van der Waals surface area contributed by atoms with Crippen molar-refractivity contribution >= 4 is 22.9 Å². The molecule has 1 N–H and O–H groups in total. The summed E-state index contributed by atoms with van der Waals surface area (Å²) < 4.78 is 0.887. The van der Waals surface area contributed by atoms with Gasteiger partial charge >= 0.3 is 0 Å². The van der Waals surface area contributed by atoms with Crippen LogP contribution in [0.15, 0.2) is 12.1 Å². The molecule has 1 aromatic heterocycles. The van der Waals surface area contributed by atoms with Crippen molar-refractivity contribution in [3.05, 3.63) is 21.3 Å². The van der Waals surface area contributed by atoms with Gasteiger partial charge in [-0.05, 0) is 37.3 Å². The van der Waals surface area contributed by atoms with Gasteiger partial charge in [-0.25, -0.2) is 0 Å². The normalized spacial score (nSPS) is 27.6. The van der Waals surface area contributed by atoms with Crippen molar-refractivity contribution < 1.29 is 4.84 Å². The van der Waals surface area contributed by atoms with E-state index in [4.69, 9.17) is 16.4 Å². The third kappa shape index (κ3) is 2.11. The first-order valence-corrected chi connectivity index (χ1v) is 5.95. The van der Waals surface area contributed by atoms with Gasteiger partial charge in [0.15, 0.2) is 0 Å². The summed E-state index contributed by atoms with van der Waals surface area (Å²) in [6, 6.07) is 4.54. The molecule has 1 heterocycles. The largest absolute Gasteiger partial charge is 0.305 e. The van der Waals surface area contributed by atoms with E-state index >= 15 is 0 Å². The second-order valence-electron chi connectivity index (χ2n) is 3.76. The lowest BCUT2D eigenvalue weighted by atomic mass is 10.2. The lowest BCUT2D eigenvalue weighted by Crippen LogP contribution is -2.27. The zero-order chi connectivity index (χ0) is 10.1. The van der Waals surface area contributed by atoms with E-state index in [-0.39, 0.29) is 0 Å². The first-order valence-electron chi connectivity index (χ1n) is 4.76. The van der Waals surface area contributed by atoms with Gasteiger partial charge in [-0.15, -0.1) is 11.3 Å². The predicted molar refractivity (Wildman–Crippen MR) is 59.8 cm³/mol. The van der Waals surface area contributed by atoms with Crippen LogP contribution in [0.2, 0.25) is 4.34 Å². The topological polar surface area (TPSA) is 21.3 Å². The van der Waals surface area contributed by atoms with E-state index in [1.807, 2.05) is 6.07 Å².